The lowest BCUT2D eigenvalue weighted by atomic mass is 10.0. The van der Waals surface area contributed by atoms with E-state index in [1.54, 1.807) is 19.1 Å². The zero-order valence-corrected chi connectivity index (χ0v) is 9.08. The van der Waals surface area contributed by atoms with Crippen molar-refractivity contribution in [1.29, 1.82) is 0 Å². The Bertz CT molecular complexity index is 305. The highest BCUT2D eigenvalue weighted by Gasteiger charge is 2.18. The van der Waals surface area contributed by atoms with Crippen LogP contribution in [-0.2, 0) is 0 Å². The van der Waals surface area contributed by atoms with Gasteiger partial charge in [-0.3, -0.25) is 0 Å². The van der Waals surface area contributed by atoms with Gasteiger partial charge in [0.1, 0.15) is 0 Å². The van der Waals surface area contributed by atoms with Crippen LogP contribution in [0.1, 0.15) is 17.2 Å². The van der Waals surface area contributed by atoms with Crippen LogP contribution in [0, 0.1) is 6.92 Å². The molecule has 0 saturated carbocycles. The van der Waals surface area contributed by atoms with Gasteiger partial charge in [-0.15, -0.1) is 12.4 Å². The third kappa shape index (κ3) is 3.08. The molecule has 1 rings (SSSR count). The fourth-order valence-corrected chi connectivity index (χ4v) is 1.38. The van der Waals surface area contributed by atoms with Crippen molar-refractivity contribution >= 4 is 24.0 Å². The maximum atomic E-state index is 12.2. The van der Waals surface area contributed by atoms with Gasteiger partial charge in [0.15, 0.2) is 0 Å². The number of nitrogens with two attached hydrogens (primary N) is 1. The van der Waals surface area contributed by atoms with E-state index in [4.69, 9.17) is 17.3 Å². The number of hydrogen-bond acceptors (Lipinski definition) is 1. The van der Waals surface area contributed by atoms with E-state index in [9.17, 15) is 8.78 Å². The molecule has 0 bridgehead atoms. The maximum Gasteiger partial charge on any atom is 0.257 e. The summed E-state index contributed by atoms with van der Waals surface area (Å²) in [5, 5.41) is 0.530. The summed E-state index contributed by atoms with van der Waals surface area (Å²) in [6.07, 6.45) is -2.54. The first-order valence-electron chi connectivity index (χ1n) is 3.82. The molecule has 0 aliphatic carbocycles. The summed E-state index contributed by atoms with van der Waals surface area (Å²) < 4.78 is 24.5. The van der Waals surface area contributed by atoms with Crippen molar-refractivity contribution in [3.05, 3.63) is 34.3 Å². The van der Waals surface area contributed by atoms with Crippen molar-refractivity contribution in [3.8, 4) is 0 Å². The molecule has 14 heavy (non-hydrogen) atoms. The van der Waals surface area contributed by atoms with Crippen molar-refractivity contribution in [2.75, 3.05) is 0 Å². The topological polar surface area (TPSA) is 26.0 Å². The van der Waals surface area contributed by atoms with E-state index >= 15 is 0 Å². The van der Waals surface area contributed by atoms with Crippen molar-refractivity contribution in [2.45, 2.75) is 19.4 Å². The van der Waals surface area contributed by atoms with Gasteiger partial charge in [-0.2, -0.15) is 0 Å². The van der Waals surface area contributed by atoms with Crippen molar-refractivity contribution in [3.63, 3.8) is 0 Å². The molecule has 0 aromatic heterocycles. The molecule has 0 fully saturated rings. The van der Waals surface area contributed by atoms with E-state index < -0.39 is 12.5 Å². The van der Waals surface area contributed by atoms with Crippen molar-refractivity contribution < 1.29 is 8.78 Å². The Morgan fingerprint density at radius 1 is 1.36 bits per heavy atom. The average Bonchev–Trinajstić information content (AvgIpc) is 2.03. The molecule has 1 nitrogen and oxygen atoms in total. The van der Waals surface area contributed by atoms with E-state index in [0.29, 0.717) is 16.1 Å². The minimum absolute atomic E-state index is 0. The third-order valence-electron chi connectivity index (χ3n) is 1.86. The van der Waals surface area contributed by atoms with Crippen LogP contribution in [0.2, 0.25) is 5.02 Å². The SMILES string of the molecule is Cc1cc(Cl)ccc1[C@H](N)C(F)F.Cl. The van der Waals surface area contributed by atoms with E-state index in [-0.39, 0.29) is 12.4 Å². The number of hydrogen-bond donors (Lipinski definition) is 1. The van der Waals surface area contributed by atoms with E-state index in [2.05, 4.69) is 0 Å². The van der Waals surface area contributed by atoms with E-state index in [1.807, 2.05) is 0 Å². The van der Waals surface area contributed by atoms with Crippen LogP contribution in [-0.4, -0.2) is 6.43 Å². The minimum atomic E-state index is -2.54. The average molecular weight is 242 g/mol. The number of rotatable bonds is 2. The van der Waals surface area contributed by atoms with Gasteiger partial charge >= 0.3 is 0 Å². The summed E-state index contributed by atoms with van der Waals surface area (Å²) in [4.78, 5) is 0. The van der Waals surface area contributed by atoms with Crippen LogP contribution in [0.3, 0.4) is 0 Å². The summed E-state index contributed by atoms with van der Waals surface area (Å²) in [5.74, 6) is 0. The zero-order valence-electron chi connectivity index (χ0n) is 7.51. The Balaban J connectivity index is 0.00000169. The van der Waals surface area contributed by atoms with Crippen LogP contribution in [0.5, 0.6) is 0 Å². The van der Waals surface area contributed by atoms with Crippen molar-refractivity contribution in [2.24, 2.45) is 5.73 Å². The minimum Gasteiger partial charge on any atom is -0.319 e. The molecule has 0 radical (unpaired) electrons. The molecule has 1 aromatic rings. The summed E-state index contributed by atoms with van der Waals surface area (Å²) in [7, 11) is 0. The summed E-state index contributed by atoms with van der Waals surface area (Å²) in [6.45, 7) is 1.71. The number of aryl methyl sites for hydroxylation is 1. The number of benzene rings is 1. The van der Waals surface area contributed by atoms with Gasteiger partial charge in [0.25, 0.3) is 6.43 Å². The number of alkyl halides is 2. The Morgan fingerprint density at radius 2 is 1.93 bits per heavy atom. The molecular formula is C9H11Cl2F2N. The predicted molar refractivity (Wildman–Crippen MR) is 56.4 cm³/mol. The molecule has 80 valence electrons. The smallest absolute Gasteiger partial charge is 0.257 e. The fraction of sp³-hybridized carbons (Fsp3) is 0.333. The molecule has 0 heterocycles. The first kappa shape index (κ1) is 13.6. The molecule has 1 aromatic carbocycles. The molecule has 0 unspecified atom stereocenters. The molecule has 0 amide bonds. The highest BCUT2D eigenvalue weighted by Crippen LogP contribution is 2.23. The van der Waals surface area contributed by atoms with Gasteiger partial charge in [-0.05, 0) is 30.2 Å². The van der Waals surface area contributed by atoms with Crippen LogP contribution in [0.15, 0.2) is 18.2 Å². The second kappa shape index (κ2) is 5.49. The van der Waals surface area contributed by atoms with Gasteiger partial charge in [-0.1, -0.05) is 17.7 Å². The monoisotopic (exact) mass is 241 g/mol. The highest BCUT2D eigenvalue weighted by atomic mass is 35.5. The second-order valence-corrected chi connectivity index (χ2v) is 3.30. The lowest BCUT2D eigenvalue weighted by Crippen LogP contribution is -2.19. The molecule has 0 saturated heterocycles. The van der Waals surface area contributed by atoms with Gasteiger partial charge in [0.2, 0.25) is 0 Å². The van der Waals surface area contributed by atoms with Gasteiger partial charge in [0.05, 0.1) is 6.04 Å². The van der Waals surface area contributed by atoms with Crippen LogP contribution in [0.25, 0.3) is 0 Å². The van der Waals surface area contributed by atoms with E-state index in [1.165, 1.54) is 6.07 Å². The van der Waals surface area contributed by atoms with Gasteiger partial charge in [-0.25, -0.2) is 8.78 Å². The summed E-state index contributed by atoms with van der Waals surface area (Å²) in [6, 6.07) is 3.50. The Labute approximate surface area is 92.7 Å². The normalized spacial score (nSPS) is 12.4. The van der Waals surface area contributed by atoms with Crippen LogP contribution < -0.4 is 5.73 Å². The lowest BCUT2D eigenvalue weighted by molar-refractivity contribution is 0.116. The molecule has 0 aliphatic heterocycles. The molecular weight excluding hydrogens is 231 g/mol. The quantitative estimate of drug-likeness (QED) is 0.845. The van der Waals surface area contributed by atoms with E-state index in [0.717, 1.165) is 0 Å². The maximum absolute atomic E-state index is 12.2. The predicted octanol–water partition coefficient (Wildman–Crippen LogP) is 3.34. The van der Waals surface area contributed by atoms with Gasteiger partial charge < -0.3 is 5.73 Å². The Hall–Kier alpha value is -0.380. The fourth-order valence-electron chi connectivity index (χ4n) is 1.15. The second-order valence-electron chi connectivity index (χ2n) is 2.86. The van der Waals surface area contributed by atoms with Crippen LogP contribution >= 0.6 is 24.0 Å². The highest BCUT2D eigenvalue weighted by molar-refractivity contribution is 6.30. The lowest BCUT2D eigenvalue weighted by Gasteiger charge is -2.13. The molecule has 0 spiro atoms. The third-order valence-corrected chi connectivity index (χ3v) is 2.10. The molecule has 5 heteroatoms. The summed E-state index contributed by atoms with van der Waals surface area (Å²) >= 11 is 5.67. The zero-order chi connectivity index (χ0) is 10.0. The Kier molecular flexibility index (Phi) is 5.34. The molecule has 1 atom stereocenters. The number of halogens is 4. The molecule has 2 N–H and O–H groups in total. The standard InChI is InChI=1S/C9H10ClF2N.ClH/c1-5-4-6(10)2-3-7(5)8(13)9(11)12;/h2-4,8-9H,13H2,1H3;1H/t8-;/m0./s1. The summed E-state index contributed by atoms with van der Waals surface area (Å²) in [5.41, 5.74) is 6.43. The molecule has 0 aliphatic rings. The Morgan fingerprint density at radius 3 is 2.36 bits per heavy atom. The largest absolute Gasteiger partial charge is 0.319 e. The van der Waals surface area contributed by atoms with Crippen molar-refractivity contribution in [1.82, 2.24) is 0 Å². The van der Waals surface area contributed by atoms with Crippen LogP contribution in [0.4, 0.5) is 8.78 Å². The van der Waals surface area contributed by atoms with Gasteiger partial charge in [0, 0.05) is 5.02 Å². The first-order valence-corrected chi connectivity index (χ1v) is 4.20. The first-order chi connectivity index (χ1) is 6.02.